The molecule has 2 aliphatic heterocycles. The Bertz CT molecular complexity index is 2590. The van der Waals surface area contributed by atoms with Crippen molar-refractivity contribution in [3.05, 3.63) is 118 Å². The molecule has 0 amide bonds. The van der Waals surface area contributed by atoms with E-state index in [0.29, 0.717) is 0 Å². The molecule has 56 heavy (non-hydrogen) atoms. The number of aromatic nitrogens is 1. The molecule has 0 saturated carbocycles. The molecule has 0 spiro atoms. The van der Waals surface area contributed by atoms with Crippen LogP contribution in [-0.4, -0.2) is 11.7 Å². The van der Waals surface area contributed by atoms with Crippen LogP contribution in [0.4, 0.5) is 34.3 Å². The van der Waals surface area contributed by atoms with Gasteiger partial charge in [-0.1, -0.05) is 126 Å². The van der Waals surface area contributed by atoms with Crippen molar-refractivity contribution in [2.24, 2.45) is 0 Å². The standard InChI is InChI=1S/C51H58BN3O/c1-30-25-41-43-46(53-30)55(34-19-15-31(16-20-34)47(2,3)4)40-24-18-32(48(5,6)7)26-39(40)52(43)45-44(36-22-17-33(49(8,9)10)27-42(36)56-45)54(41)35-21-23-37-38(28-35)51(13,14)29-50(37,11)12/h15-28H,29H2,1-14H3. The van der Waals surface area contributed by atoms with Gasteiger partial charge in [-0.05, 0) is 122 Å². The second-order valence-corrected chi connectivity index (χ2v) is 21.4. The number of furan rings is 1. The molecule has 0 radical (unpaired) electrons. The van der Waals surface area contributed by atoms with Gasteiger partial charge in [-0.15, -0.1) is 0 Å². The third-order valence-electron chi connectivity index (χ3n) is 13.0. The van der Waals surface area contributed by atoms with Crippen LogP contribution in [0.2, 0.25) is 0 Å². The van der Waals surface area contributed by atoms with Crippen molar-refractivity contribution < 1.29 is 4.42 Å². The van der Waals surface area contributed by atoms with Crippen molar-refractivity contribution in [1.82, 2.24) is 4.98 Å². The van der Waals surface area contributed by atoms with Crippen LogP contribution in [0.25, 0.3) is 11.0 Å². The van der Waals surface area contributed by atoms with Crippen molar-refractivity contribution in [2.75, 3.05) is 9.80 Å². The van der Waals surface area contributed by atoms with Crippen molar-refractivity contribution in [1.29, 1.82) is 0 Å². The minimum Gasteiger partial charge on any atom is -0.468 e. The van der Waals surface area contributed by atoms with Gasteiger partial charge in [0.25, 0.3) is 6.71 Å². The van der Waals surface area contributed by atoms with Gasteiger partial charge >= 0.3 is 0 Å². The molecule has 5 heteroatoms. The summed E-state index contributed by atoms with van der Waals surface area (Å²) in [4.78, 5) is 10.4. The summed E-state index contributed by atoms with van der Waals surface area (Å²) in [6, 6.07) is 32.7. The number of hydrogen-bond donors (Lipinski definition) is 0. The Morgan fingerprint density at radius 2 is 1.20 bits per heavy atom. The fourth-order valence-electron chi connectivity index (χ4n) is 10.2. The molecule has 2 aromatic heterocycles. The second kappa shape index (κ2) is 11.7. The first-order valence-corrected chi connectivity index (χ1v) is 20.6. The minimum absolute atomic E-state index is 0.0151. The molecular weight excluding hydrogens is 681 g/mol. The highest BCUT2D eigenvalue weighted by molar-refractivity contribution is 6.99. The molecule has 1 aliphatic carbocycles. The summed E-state index contributed by atoms with van der Waals surface area (Å²) in [6.45, 7) is 32.2. The normalized spacial score (nSPS) is 16.9. The fourth-order valence-corrected chi connectivity index (χ4v) is 10.2. The van der Waals surface area contributed by atoms with Gasteiger partial charge in [-0.25, -0.2) is 4.98 Å². The van der Waals surface area contributed by atoms with E-state index in [1.54, 1.807) is 0 Å². The van der Waals surface area contributed by atoms with Crippen LogP contribution in [0.15, 0.2) is 89.3 Å². The largest absolute Gasteiger partial charge is 0.468 e. The van der Waals surface area contributed by atoms with Gasteiger partial charge in [0.1, 0.15) is 11.4 Å². The Morgan fingerprint density at radius 3 is 1.86 bits per heavy atom. The zero-order valence-corrected chi connectivity index (χ0v) is 36.1. The molecule has 3 aliphatic rings. The van der Waals surface area contributed by atoms with Crippen LogP contribution in [0.5, 0.6) is 0 Å². The third kappa shape index (κ3) is 5.51. The monoisotopic (exact) mass is 739 g/mol. The van der Waals surface area contributed by atoms with E-state index in [4.69, 9.17) is 9.40 Å². The number of pyridine rings is 1. The van der Waals surface area contributed by atoms with Gasteiger partial charge in [0.2, 0.25) is 0 Å². The van der Waals surface area contributed by atoms with E-state index in [1.807, 2.05) is 0 Å². The van der Waals surface area contributed by atoms with Gasteiger partial charge in [0, 0.05) is 39.3 Å². The summed E-state index contributed by atoms with van der Waals surface area (Å²) < 4.78 is 7.31. The lowest BCUT2D eigenvalue weighted by atomic mass is 9.35. The molecule has 4 heterocycles. The quantitative estimate of drug-likeness (QED) is 0.165. The first-order valence-electron chi connectivity index (χ1n) is 20.6. The second-order valence-electron chi connectivity index (χ2n) is 21.4. The summed E-state index contributed by atoms with van der Waals surface area (Å²) in [5.74, 6) is 0.971. The molecule has 0 N–H and O–H groups in total. The molecule has 4 nitrogen and oxygen atoms in total. The maximum absolute atomic E-state index is 7.31. The van der Waals surface area contributed by atoms with Crippen LogP contribution in [0, 0.1) is 6.92 Å². The summed E-state index contributed by atoms with van der Waals surface area (Å²) in [7, 11) is 0. The fraction of sp³-hybridized carbons (Fsp3) is 0.392. The summed E-state index contributed by atoms with van der Waals surface area (Å²) >= 11 is 0. The van der Waals surface area contributed by atoms with Crippen molar-refractivity contribution in [3.8, 4) is 0 Å². The SMILES string of the molecule is Cc1cc2c3c(n1)N(c1ccc(C(C)(C)C)cc1)c1ccc(C(C)(C)C)cc1B3c1oc3cc(C(C)(C)C)ccc3c1N2c1ccc2c(c1)C(C)(C)CC2(C)C. The van der Waals surface area contributed by atoms with Gasteiger partial charge in [0.15, 0.2) is 0 Å². The van der Waals surface area contributed by atoms with Crippen LogP contribution >= 0.6 is 0 Å². The summed E-state index contributed by atoms with van der Waals surface area (Å²) in [5.41, 5.74) is 18.1. The number of fused-ring (bicyclic) bond motifs is 7. The van der Waals surface area contributed by atoms with E-state index in [-0.39, 0.29) is 33.8 Å². The topological polar surface area (TPSA) is 32.5 Å². The van der Waals surface area contributed by atoms with E-state index in [9.17, 15) is 0 Å². The Morgan fingerprint density at radius 1 is 0.607 bits per heavy atom. The lowest BCUT2D eigenvalue weighted by Gasteiger charge is -2.42. The third-order valence-corrected chi connectivity index (χ3v) is 13.0. The lowest BCUT2D eigenvalue weighted by Crippen LogP contribution is -2.61. The van der Waals surface area contributed by atoms with Gasteiger partial charge < -0.3 is 9.32 Å². The van der Waals surface area contributed by atoms with Crippen LogP contribution < -0.4 is 26.4 Å². The molecule has 286 valence electrons. The first-order chi connectivity index (χ1) is 26.0. The highest BCUT2D eigenvalue weighted by Gasteiger charge is 2.49. The first kappa shape index (κ1) is 36.8. The molecule has 0 atom stereocenters. The average molecular weight is 740 g/mol. The van der Waals surface area contributed by atoms with Crippen molar-refractivity contribution in [3.63, 3.8) is 0 Å². The van der Waals surface area contributed by atoms with Gasteiger partial charge in [0.05, 0.1) is 11.3 Å². The molecule has 9 rings (SSSR count). The molecule has 0 bridgehead atoms. The number of nitrogens with zero attached hydrogens (tertiary/aromatic N) is 3. The molecule has 4 aromatic carbocycles. The predicted octanol–water partition coefficient (Wildman–Crippen LogP) is 12.1. The van der Waals surface area contributed by atoms with E-state index < -0.39 is 0 Å². The maximum Gasteiger partial charge on any atom is 0.299 e. The number of aryl methyl sites for hydroxylation is 1. The molecule has 0 fully saturated rings. The highest BCUT2D eigenvalue weighted by Crippen LogP contribution is 2.53. The smallest absolute Gasteiger partial charge is 0.299 e. The Kier molecular flexibility index (Phi) is 7.67. The molecule has 0 unspecified atom stereocenters. The Labute approximate surface area is 335 Å². The van der Waals surface area contributed by atoms with Crippen LogP contribution in [0.3, 0.4) is 0 Å². The van der Waals surface area contributed by atoms with Crippen molar-refractivity contribution >= 4 is 68.5 Å². The number of hydrogen-bond acceptors (Lipinski definition) is 4. The van der Waals surface area contributed by atoms with E-state index in [2.05, 4.69) is 192 Å². The zero-order chi connectivity index (χ0) is 40.1. The number of rotatable bonds is 2. The van der Waals surface area contributed by atoms with E-state index >= 15 is 0 Å². The molecule has 6 aromatic rings. The van der Waals surface area contributed by atoms with Gasteiger partial charge in [-0.2, -0.15) is 0 Å². The van der Waals surface area contributed by atoms with Crippen LogP contribution in [-0.2, 0) is 27.1 Å². The minimum atomic E-state index is -0.142. The summed E-state index contributed by atoms with van der Waals surface area (Å²) in [6.07, 6.45) is 1.12. The van der Waals surface area contributed by atoms with Gasteiger partial charge in [-0.3, -0.25) is 4.90 Å². The number of anilines is 6. The van der Waals surface area contributed by atoms with E-state index in [0.717, 1.165) is 51.6 Å². The molecule has 0 saturated heterocycles. The zero-order valence-electron chi connectivity index (χ0n) is 36.1. The van der Waals surface area contributed by atoms with Crippen molar-refractivity contribution in [2.45, 2.75) is 130 Å². The highest BCUT2D eigenvalue weighted by atomic mass is 16.3. The predicted molar refractivity (Wildman–Crippen MR) is 240 cm³/mol. The maximum atomic E-state index is 7.31. The van der Waals surface area contributed by atoms with E-state index in [1.165, 1.54) is 50.1 Å². The lowest BCUT2D eigenvalue weighted by molar-refractivity contribution is 0.403. The average Bonchev–Trinajstić information content (AvgIpc) is 3.56. The molecular formula is C51H58BN3O. The Balaban J connectivity index is 1.39. The summed E-state index contributed by atoms with van der Waals surface area (Å²) in [5, 5.41) is 1.14. The number of benzene rings is 4. The van der Waals surface area contributed by atoms with Crippen LogP contribution in [0.1, 0.15) is 130 Å². The Hall–Kier alpha value is -4.77.